The molecule has 0 saturated carbocycles. The molecule has 1 amide bonds. The summed E-state index contributed by atoms with van der Waals surface area (Å²) in [4.78, 5) is 15.7. The van der Waals surface area contributed by atoms with Crippen molar-refractivity contribution in [1.29, 1.82) is 0 Å². The van der Waals surface area contributed by atoms with Crippen LogP contribution in [-0.4, -0.2) is 16.0 Å². The third-order valence-corrected chi connectivity index (χ3v) is 2.46. The normalized spacial score (nSPS) is 10.3. The summed E-state index contributed by atoms with van der Waals surface area (Å²) in [6.45, 7) is 2.44. The Kier molecular flexibility index (Phi) is 4.06. The first-order valence-electron chi connectivity index (χ1n) is 5.90. The van der Waals surface area contributed by atoms with Gasteiger partial charge in [0.2, 0.25) is 11.8 Å². The zero-order chi connectivity index (χ0) is 12.8. The first-order valence-corrected chi connectivity index (χ1v) is 5.90. The zero-order valence-corrected chi connectivity index (χ0v) is 10.2. The molecule has 0 bridgehead atoms. The van der Waals surface area contributed by atoms with E-state index in [0.717, 1.165) is 5.56 Å². The van der Waals surface area contributed by atoms with E-state index < -0.39 is 0 Å². The van der Waals surface area contributed by atoms with Crippen molar-refractivity contribution in [3.63, 3.8) is 0 Å². The van der Waals surface area contributed by atoms with E-state index in [1.54, 1.807) is 0 Å². The minimum absolute atomic E-state index is 0.109. The minimum Gasteiger partial charge on any atom is -0.352 e. The Morgan fingerprint density at radius 2 is 2.11 bits per heavy atom. The zero-order valence-electron chi connectivity index (χ0n) is 10.2. The molecule has 2 rings (SSSR count). The second kappa shape index (κ2) is 5.95. The Morgan fingerprint density at radius 1 is 1.33 bits per heavy atom. The summed E-state index contributed by atoms with van der Waals surface area (Å²) in [5.41, 5.74) is 1.06. The topological polar surface area (TPSA) is 68.0 Å². The van der Waals surface area contributed by atoms with Gasteiger partial charge in [0.25, 0.3) is 0 Å². The lowest BCUT2D eigenvalue weighted by Gasteiger charge is -2.03. The lowest BCUT2D eigenvalue weighted by atomic mass is 10.2. The van der Waals surface area contributed by atoms with E-state index >= 15 is 0 Å². The van der Waals surface area contributed by atoms with Crippen LogP contribution in [0.1, 0.15) is 24.2 Å². The molecule has 1 aromatic heterocycles. The van der Waals surface area contributed by atoms with E-state index in [1.165, 1.54) is 0 Å². The smallest absolute Gasteiger partial charge is 0.228 e. The lowest BCUT2D eigenvalue weighted by molar-refractivity contribution is -0.120. The SMILES string of the molecule is CCc1nc(CC(=O)NCc2ccccc2)no1. The Bertz CT molecular complexity index is 508. The number of amides is 1. The number of carbonyl (C=O) groups excluding carboxylic acids is 1. The highest BCUT2D eigenvalue weighted by molar-refractivity contribution is 5.77. The van der Waals surface area contributed by atoms with Crippen LogP contribution in [0.2, 0.25) is 0 Å². The molecule has 0 aliphatic heterocycles. The number of aryl methyl sites for hydroxylation is 1. The maximum Gasteiger partial charge on any atom is 0.228 e. The highest BCUT2D eigenvalue weighted by Gasteiger charge is 2.09. The van der Waals surface area contributed by atoms with Crippen LogP contribution in [0.15, 0.2) is 34.9 Å². The van der Waals surface area contributed by atoms with Crippen molar-refractivity contribution < 1.29 is 9.32 Å². The molecule has 0 aliphatic carbocycles. The monoisotopic (exact) mass is 245 g/mol. The molecule has 5 nitrogen and oxygen atoms in total. The van der Waals surface area contributed by atoms with Crippen LogP contribution in [-0.2, 0) is 24.2 Å². The fourth-order valence-corrected chi connectivity index (χ4v) is 1.51. The standard InChI is InChI=1S/C13H15N3O2/c1-2-13-15-11(16-18-13)8-12(17)14-9-10-6-4-3-5-7-10/h3-7H,2,8-9H2,1H3,(H,14,17). The van der Waals surface area contributed by atoms with E-state index in [4.69, 9.17) is 4.52 Å². The van der Waals surface area contributed by atoms with Gasteiger partial charge in [-0.25, -0.2) is 0 Å². The van der Waals surface area contributed by atoms with Gasteiger partial charge in [-0.15, -0.1) is 0 Å². The number of aromatic nitrogens is 2. The summed E-state index contributed by atoms with van der Waals surface area (Å²) in [6.07, 6.45) is 0.828. The van der Waals surface area contributed by atoms with Gasteiger partial charge in [-0.05, 0) is 5.56 Å². The van der Waals surface area contributed by atoms with E-state index in [1.807, 2.05) is 37.3 Å². The number of nitrogens with zero attached hydrogens (tertiary/aromatic N) is 2. The van der Waals surface area contributed by atoms with Gasteiger partial charge in [-0.3, -0.25) is 4.79 Å². The lowest BCUT2D eigenvalue weighted by Crippen LogP contribution is -2.24. The van der Waals surface area contributed by atoms with E-state index in [2.05, 4.69) is 15.5 Å². The fourth-order valence-electron chi connectivity index (χ4n) is 1.51. The van der Waals surface area contributed by atoms with Gasteiger partial charge < -0.3 is 9.84 Å². The van der Waals surface area contributed by atoms with Crippen LogP contribution in [0.3, 0.4) is 0 Å². The van der Waals surface area contributed by atoms with Crippen LogP contribution in [0, 0.1) is 0 Å². The van der Waals surface area contributed by atoms with Gasteiger partial charge >= 0.3 is 0 Å². The van der Waals surface area contributed by atoms with Crippen LogP contribution in [0.4, 0.5) is 0 Å². The maximum atomic E-state index is 11.7. The summed E-state index contributed by atoms with van der Waals surface area (Å²) in [5, 5.41) is 6.55. The molecule has 0 radical (unpaired) electrons. The first kappa shape index (κ1) is 12.3. The van der Waals surface area contributed by atoms with Gasteiger partial charge in [0.15, 0.2) is 5.82 Å². The highest BCUT2D eigenvalue weighted by atomic mass is 16.5. The summed E-state index contributed by atoms with van der Waals surface area (Å²) >= 11 is 0. The quantitative estimate of drug-likeness (QED) is 0.866. The molecule has 1 aromatic carbocycles. The third-order valence-electron chi connectivity index (χ3n) is 2.46. The molecule has 94 valence electrons. The fraction of sp³-hybridized carbons (Fsp3) is 0.308. The molecular weight excluding hydrogens is 230 g/mol. The molecule has 18 heavy (non-hydrogen) atoms. The summed E-state index contributed by atoms with van der Waals surface area (Å²) in [7, 11) is 0. The Hall–Kier alpha value is -2.17. The van der Waals surface area contributed by atoms with Gasteiger partial charge in [0.05, 0.1) is 6.42 Å². The van der Waals surface area contributed by atoms with Crippen LogP contribution in [0.25, 0.3) is 0 Å². The van der Waals surface area contributed by atoms with Crippen molar-refractivity contribution in [2.24, 2.45) is 0 Å². The van der Waals surface area contributed by atoms with Crippen molar-refractivity contribution in [3.8, 4) is 0 Å². The van der Waals surface area contributed by atoms with E-state index in [0.29, 0.717) is 24.7 Å². The number of hydrogen-bond acceptors (Lipinski definition) is 4. The summed E-state index contributed by atoms with van der Waals surface area (Å²) in [5.74, 6) is 0.876. The van der Waals surface area contributed by atoms with Crippen LogP contribution in [0.5, 0.6) is 0 Å². The van der Waals surface area contributed by atoms with E-state index in [-0.39, 0.29) is 12.3 Å². The van der Waals surface area contributed by atoms with Crippen molar-refractivity contribution in [1.82, 2.24) is 15.5 Å². The Labute approximate surface area is 105 Å². The number of hydrogen-bond donors (Lipinski definition) is 1. The molecule has 0 spiro atoms. The molecule has 0 unspecified atom stereocenters. The van der Waals surface area contributed by atoms with Crippen molar-refractivity contribution in [3.05, 3.63) is 47.6 Å². The molecule has 1 heterocycles. The minimum atomic E-state index is -0.109. The maximum absolute atomic E-state index is 11.7. The van der Waals surface area contributed by atoms with Crippen molar-refractivity contribution >= 4 is 5.91 Å². The average Bonchev–Trinajstić information content (AvgIpc) is 2.85. The number of benzene rings is 1. The van der Waals surface area contributed by atoms with Gasteiger partial charge in [-0.2, -0.15) is 4.98 Å². The molecule has 0 saturated heterocycles. The highest BCUT2D eigenvalue weighted by Crippen LogP contribution is 2.00. The second-order valence-corrected chi connectivity index (χ2v) is 3.90. The van der Waals surface area contributed by atoms with Crippen molar-refractivity contribution in [2.45, 2.75) is 26.3 Å². The van der Waals surface area contributed by atoms with Crippen molar-refractivity contribution in [2.75, 3.05) is 0 Å². The average molecular weight is 245 g/mol. The first-order chi connectivity index (χ1) is 8.78. The number of nitrogens with one attached hydrogen (secondary N) is 1. The molecule has 0 fully saturated rings. The predicted octanol–water partition coefficient (Wildman–Crippen LogP) is 1.49. The van der Waals surface area contributed by atoms with Gasteiger partial charge in [-0.1, -0.05) is 42.4 Å². The summed E-state index contributed by atoms with van der Waals surface area (Å²) in [6, 6.07) is 9.74. The Balaban J connectivity index is 1.82. The number of carbonyl (C=O) groups is 1. The number of rotatable bonds is 5. The molecule has 5 heteroatoms. The largest absolute Gasteiger partial charge is 0.352 e. The molecule has 0 aliphatic rings. The van der Waals surface area contributed by atoms with Gasteiger partial charge in [0.1, 0.15) is 0 Å². The molecule has 1 N–H and O–H groups in total. The van der Waals surface area contributed by atoms with E-state index in [9.17, 15) is 4.79 Å². The van der Waals surface area contributed by atoms with Crippen LogP contribution < -0.4 is 5.32 Å². The van der Waals surface area contributed by atoms with Gasteiger partial charge in [0, 0.05) is 13.0 Å². The molecule has 2 aromatic rings. The summed E-state index contributed by atoms with van der Waals surface area (Å²) < 4.78 is 4.94. The molecule has 0 atom stereocenters. The third kappa shape index (κ3) is 3.41. The predicted molar refractivity (Wildman–Crippen MR) is 65.7 cm³/mol. The second-order valence-electron chi connectivity index (χ2n) is 3.90. The molecular formula is C13H15N3O2. The Morgan fingerprint density at radius 3 is 2.78 bits per heavy atom. The van der Waals surface area contributed by atoms with Crippen LogP contribution >= 0.6 is 0 Å².